The second-order valence-corrected chi connectivity index (χ2v) is 3.47. The Hall–Kier alpha value is -1.88. The first-order valence-electron chi connectivity index (χ1n) is 4.64. The number of nitrogens with zero attached hydrogens (tertiary/aromatic N) is 3. The molecule has 0 aliphatic carbocycles. The molecule has 0 spiro atoms. The molecule has 82 valence electrons. The zero-order valence-electron chi connectivity index (χ0n) is 8.61. The molecule has 2 N–H and O–H groups in total. The highest BCUT2D eigenvalue weighted by molar-refractivity contribution is 6.32. The maximum Gasteiger partial charge on any atom is 0.155 e. The molecule has 16 heavy (non-hydrogen) atoms. The molecule has 2 aromatic rings. The van der Waals surface area contributed by atoms with Crippen LogP contribution >= 0.6 is 11.6 Å². The lowest BCUT2D eigenvalue weighted by atomic mass is 10.2. The van der Waals surface area contributed by atoms with Crippen molar-refractivity contribution in [3.05, 3.63) is 35.5 Å². The molecule has 0 amide bonds. The Kier molecular flexibility index (Phi) is 2.87. The Bertz CT molecular complexity index is 557. The van der Waals surface area contributed by atoms with E-state index < -0.39 is 0 Å². The Balaban J connectivity index is 2.60. The first-order chi connectivity index (χ1) is 7.76. The average Bonchev–Trinajstić information content (AvgIpc) is 2.74. The van der Waals surface area contributed by atoms with Gasteiger partial charge in [0.05, 0.1) is 18.1 Å². The fraction of sp³-hybridized carbons (Fsp3) is 0.100. The van der Waals surface area contributed by atoms with Crippen LogP contribution in [0.4, 0.5) is 0 Å². The van der Waals surface area contributed by atoms with E-state index in [0.29, 0.717) is 16.4 Å². The van der Waals surface area contributed by atoms with Crippen LogP contribution in [0.5, 0.6) is 0 Å². The largest absolute Gasteiger partial charge is 0.393 e. The van der Waals surface area contributed by atoms with Gasteiger partial charge in [-0.15, -0.1) is 0 Å². The van der Waals surface area contributed by atoms with Crippen molar-refractivity contribution in [1.29, 1.82) is 5.41 Å². The van der Waals surface area contributed by atoms with Crippen molar-refractivity contribution in [2.75, 3.05) is 7.05 Å². The molecule has 0 radical (unpaired) electrons. The molecule has 5 nitrogen and oxygen atoms in total. The summed E-state index contributed by atoms with van der Waals surface area (Å²) in [7, 11) is 1.76. The monoisotopic (exact) mass is 235 g/mol. The van der Waals surface area contributed by atoms with Gasteiger partial charge >= 0.3 is 0 Å². The standard InChI is InChI=1S/C10H10ClN5/c1-13-5-7(4-12)8-6-16-9(2-3-14-16)10(11)15-8/h2-6,12-13H,1H3/b7-5+,12-4?. The van der Waals surface area contributed by atoms with Gasteiger partial charge in [0.25, 0.3) is 0 Å². The van der Waals surface area contributed by atoms with Crippen molar-refractivity contribution in [3.63, 3.8) is 0 Å². The molecule has 2 heterocycles. The maximum atomic E-state index is 7.30. The molecule has 2 rings (SSSR count). The second-order valence-electron chi connectivity index (χ2n) is 3.11. The number of rotatable bonds is 3. The van der Waals surface area contributed by atoms with Gasteiger partial charge in [-0.05, 0) is 6.07 Å². The predicted molar refractivity (Wildman–Crippen MR) is 63.8 cm³/mol. The van der Waals surface area contributed by atoms with Gasteiger partial charge < -0.3 is 10.7 Å². The molecule has 2 aromatic heterocycles. The van der Waals surface area contributed by atoms with Crippen LogP contribution in [0.2, 0.25) is 5.15 Å². The molecule has 0 aliphatic rings. The summed E-state index contributed by atoms with van der Waals surface area (Å²) >= 11 is 6.01. The first kappa shape index (κ1) is 10.6. The minimum absolute atomic E-state index is 0.374. The van der Waals surface area contributed by atoms with Gasteiger partial charge in [-0.3, -0.25) is 0 Å². The van der Waals surface area contributed by atoms with E-state index in [-0.39, 0.29) is 0 Å². The van der Waals surface area contributed by atoms with Crippen molar-refractivity contribution >= 4 is 28.9 Å². The summed E-state index contributed by atoms with van der Waals surface area (Å²) in [5.74, 6) is 0. The fourth-order valence-corrected chi connectivity index (χ4v) is 1.61. The van der Waals surface area contributed by atoms with Gasteiger partial charge in [-0.1, -0.05) is 11.6 Å². The maximum absolute atomic E-state index is 7.30. The van der Waals surface area contributed by atoms with Gasteiger partial charge in [0, 0.05) is 25.0 Å². The van der Waals surface area contributed by atoms with Gasteiger partial charge in [0.1, 0.15) is 5.52 Å². The SMILES string of the molecule is CN/C=C(\C=N)c1cn2nccc2c(Cl)n1. The van der Waals surface area contributed by atoms with Gasteiger partial charge in [-0.25, -0.2) is 9.50 Å². The summed E-state index contributed by atoms with van der Waals surface area (Å²) in [6, 6.07) is 1.78. The van der Waals surface area contributed by atoms with Crippen LogP contribution in [0.1, 0.15) is 5.69 Å². The van der Waals surface area contributed by atoms with E-state index >= 15 is 0 Å². The van der Waals surface area contributed by atoms with Gasteiger partial charge in [0.15, 0.2) is 5.15 Å². The molecule has 0 atom stereocenters. The molecule has 0 aliphatic heterocycles. The third-order valence-electron chi connectivity index (χ3n) is 2.10. The summed E-state index contributed by atoms with van der Waals surface area (Å²) in [5.41, 5.74) is 1.99. The van der Waals surface area contributed by atoms with E-state index in [1.807, 2.05) is 0 Å². The van der Waals surface area contributed by atoms with Crippen LogP contribution in [0.3, 0.4) is 0 Å². The predicted octanol–water partition coefficient (Wildman–Crippen LogP) is 1.59. The number of hydrogen-bond donors (Lipinski definition) is 2. The molecular formula is C10H10ClN5. The van der Waals surface area contributed by atoms with Crippen LogP contribution in [-0.2, 0) is 0 Å². The Labute approximate surface area is 97.3 Å². The average molecular weight is 236 g/mol. The van der Waals surface area contributed by atoms with E-state index in [9.17, 15) is 0 Å². The Morgan fingerprint density at radius 2 is 2.44 bits per heavy atom. The van der Waals surface area contributed by atoms with E-state index in [0.717, 1.165) is 5.52 Å². The topological polar surface area (TPSA) is 66.1 Å². The quantitative estimate of drug-likeness (QED) is 0.794. The van der Waals surface area contributed by atoms with Crippen molar-refractivity contribution < 1.29 is 0 Å². The number of halogens is 1. The smallest absolute Gasteiger partial charge is 0.155 e. The third-order valence-corrected chi connectivity index (χ3v) is 2.37. The molecule has 0 bridgehead atoms. The summed E-state index contributed by atoms with van der Waals surface area (Å²) in [6.07, 6.45) is 6.28. The molecule has 0 aromatic carbocycles. The van der Waals surface area contributed by atoms with Gasteiger partial charge in [0.2, 0.25) is 0 Å². The summed E-state index contributed by atoms with van der Waals surface area (Å²) in [4.78, 5) is 4.21. The Morgan fingerprint density at radius 1 is 1.62 bits per heavy atom. The summed E-state index contributed by atoms with van der Waals surface area (Å²) < 4.78 is 1.64. The second kappa shape index (κ2) is 4.32. The molecule has 0 fully saturated rings. The zero-order chi connectivity index (χ0) is 11.5. The number of fused-ring (bicyclic) bond motifs is 1. The lowest BCUT2D eigenvalue weighted by Gasteiger charge is -2.03. The number of nitrogens with one attached hydrogen (secondary N) is 2. The van der Waals surface area contributed by atoms with E-state index in [4.69, 9.17) is 17.0 Å². The van der Waals surface area contributed by atoms with E-state index in [1.165, 1.54) is 6.21 Å². The first-order valence-corrected chi connectivity index (χ1v) is 5.02. The normalized spacial score (nSPS) is 11.8. The van der Waals surface area contributed by atoms with Gasteiger partial charge in [-0.2, -0.15) is 5.10 Å². The van der Waals surface area contributed by atoms with Crippen molar-refractivity contribution in [3.8, 4) is 0 Å². The summed E-state index contributed by atoms with van der Waals surface area (Å²) in [5, 5.41) is 14.6. The van der Waals surface area contributed by atoms with Crippen LogP contribution < -0.4 is 5.32 Å². The fourth-order valence-electron chi connectivity index (χ4n) is 1.37. The zero-order valence-corrected chi connectivity index (χ0v) is 9.36. The highest BCUT2D eigenvalue weighted by Crippen LogP contribution is 2.17. The van der Waals surface area contributed by atoms with E-state index in [2.05, 4.69) is 15.4 Å². The molecule has 6 heteroatoms. The summed E-state index contributed by atoms with van der Waals surface area (Å²) in [6.45, 7) is 0. The third kappa shape index (κ3) is 1.77. The molecule has 0 saturated heterocycles. The molecular weight excluding hydrogens is 226 g/mol. The minimum atomic E-state index is 0.374. The Morgan fingerprint density at radius 3 is 3.12 bits per heavy atom. The van der Waals surface area contributed by atoms with Crippen LogP contribution in [-0.4, -0.2) is 27.9 Å². The molecule has 0 unspecified atom stereocenters. The molecule has 0 saturated carbocycles. The van der Waals surface area contributed by atoms with E-state index in [1.54, 1.807) is 36.2 Å². The number of allylic oxidation sites excluding steroid dienone is 1. The van der Waals surface area contributed by atoms with Crippen LogP contribution in [0.15, 0.2) is 24.7 Å². The number of hydrogen-bond acceptors (Lipinski definition) is 4. The van der Waals surface area contributed by atoms with Crippen LogP contribution in [0, 0.1) is 5.41 Å². The number of aromatic nitrogens is 3. The highest BCUT2D eigenvalue weighted by Gasteiger charge is 2.07. The highest BCUT2D eigenvalue weighted by atomic mass is 35.5. The van der Waals surface area contributed by atoms with Crippen molar-refractivity contribution in [1.82, 2.24) is 19.9 Å². The van der Waals surface area contributed by atoms with Crippen molar-refractivity contribution in [2.45, 2.75) is 0 Å². The lowest BCUT2D eigenvalue weighted by molar-refractivity contribution is 0.940. The van der Waals surface area contributed by atoms with Crippen molar-refractivity contribution in [2.24, 2.45) is 0 Å². The lowest BCUT2D eigenvalue weighted by Crippen LogP contribution is -2.01. The van der Waals surface area contributed by atoms with Crippen LogP contribution in [0.25, 0.3) is 11.1 Å². The minimum Gasteiger partial charge on any atom is -0.393 e.